The predicted molar refractivity (Wildman–Crippen MR) is 143 cm³/mol. The first-order chi connectivity index (χ1) is 17.1. The minimum atomic E-state index is -3.99. The molecule has 3 aromatic carbocycles. The van der Waals surface area contributed by atoms with Gasteiger partial charge in [0.15, 0.2) is 0 Å². The van der Waals surface area contributed by atoms with Gasteiger partial charge in [0.25, 0.3) is 0 Å². The minimum Gasteiger partial charge on any atom is -0.368 e. The second-order valence-corrected chi connectivity index (χ2v) is 12.0. The summed E-state index contributed by atoms with van der Waals surface area (Å²) in [6.07, 6.45) is 0. The molecule has 0 atom stereocenters. The van der Waals surface area contributed by atoms with Crippen molar-refractivity contribution in [1.29, 1.82) is 0 Å². The van der Waals surface area contributed by atoms with Gasteiger partial charge in [-0.05, 0) is 66.2 Å². The number of halogens is 4. The first kappa shape index (κ1) is 26.9. The van der Waals surface area contributed by atoms with Crippen LogP contribution in [0.1, 0.15) is 5.56 Å². The number of benzene rings is 3. The highest BCUT2D eigenvalue weighted by Crippen LogP contribution is 2.26. The Hall–Kier alpha value is -2.17. The van der Waals surface area contributed by atoms with Crippen LogP contribution in [0.3, 0.4) is 0 Å². The molecule has 4 rings (SSSR count). The first-order valence-electron chi connectivity index (χ1n) is 11.1. The average Bonchev–Trinajstić information content (AvgIpc) is 2.86. The van der Waals surface area contributed by atoms with Gasteiger partial charge in [0.2, 0.25) is 15.9 Å². The summed E-state index contributed by atoms with van der Waals surface area (Å²) in [6, 6.07) is 17.4. The van der Waals surface area contributed by atoms with E-state index in [-0.39, 0.29) is 29.7 Å². The third-order valence-corrected chi connectivity index (χ3v) is 9.00. The fourth-order valence-corrected chi connectivity index (χ4v) is 5.90. The molecular weight excluding hydrogens is 592 g/mol. The van der Waals surface area contributed by atoms with E-state index in [1.54, 1.807) is 47.4 Å². The minimum absolute atomic E-state index is 0.0451. The third-order valence-electron chi connectivity index (χ3n) is 5.93. The van der Waals surface area contributed by atoms with Crippen molar-refractivity contribution in [1.82, 2.24) is 9.21 Å². The summed E-state index contributed by atoms with van der Waals surface area (Å²) >= 11 is 15.5. The summed E-state index contributed by atoms with van der Waals surface area (Å²) in [5.74, 6) is -0.601. The lowest BCUT2D eigenvalue weighted by Gasteiger charge is -2.37. The van der Waals surface area contributed by atoms with E-state index < -0.39 is 10.0 Å². The Morgan fingerprint density at radius 1 is 0.917 bits per heavy atom. The van der Waals surface area contributed by atoms with Crippen molar-refractivity contribution >= 4 is 60.7 Å². The largest absolute Gasteiger partial charge is 0.368 e. The standard InChI is InChI=1S/C25H23BrCl2FN3O3S/c26-19-2-8-22(9-3-19)36(34,35)32(16-18-1-10-23(27)24(28)15-18)17-25(33)31-13-11-30(12-14-31)21-6-4-20(29)5-7-21/h1-10,15H,11-14,16-17H2. The smallest absolute Gasteiger partial charge is 0.243 e. The van der Waals surface area contributed by atoms with Crippen LogP contribution >= 0.6 is 39.1 Å². The van der Waals surface area contributed by atoms with E-state index in [2.05, 4.69) is 20.8 Å². The molecule has 3 aromatic rings. The SMILES string of the molecule is O=C(CN(Cc1ccc(Cl)c(Cl)c1)S(=O)(=O)c1ccc(Br)cc1)N1CCN(c2ccc(F)cc2)CC1. The molecule has 0 saturated carbocycles. The van der Waals surface area contributed by atoms with Crippen molar-refractivity contribution in [3.05, 3.63) is 92.6 Å². The summed E-state index contributed by atoms with van der Waals surface area (Å²) in [5, 5.41) is 0.663. The van der Waals surface area contributed by atoms with Gasteiger partial charge in [0, 0.05) is 42.9 Å². The Morgan fingerprint density at radius 2 is 1.56 bits per heavy atom. The van der Waals surface area contributed by atoms with Gasteiger partial charge in [0.05, 0.1) is 21.5 Å². The molecule has 0 aromatic heterocycles. The third kappa shape index (κ3) is 6.39. The molecule has 0 N–H and O–H groups in total. The summed E-state index contributed by atoms with van der Waals surface area (Å²) < 4.78 is 42.2. The average molecular weight is 615 g/mol. The van der Waals surface area contributed by atoms with Gasteiger partial charge in [-0.2, -0.15) is 4.31 Å². The van der Waals surface area contributed by atoms with Gasteiger partial charge >= 0.3 is 0 Å². The molecule has 1 aliphatic heterocycles. The number of nitrogens with zero attached hydrogens (tertiary/aromatic N) is 3. The number of anilines is 1. The molecule has 1 amide bonds. The van der Waals surface area contributed by atoms with E-state index in [0.29, 0.717) is 41.8 Å². The molecule has 0 radical (unpaired) electrons. The van der Waals surface area contributed by atoms with Crippen LogP contribution in [0.15, 0.2) is 76.1 Å². The summed E-state index contributed by atoms with van der Waals surface area (Å²) in [7, 11) is -3.99. The maximum Gasteiger partial charge on any atom is 0.243 e. The second-order valence-electron chi connectivity index (χ2n) is 8.32. The monoisotopic (exact) mass is 613 g/mol. The molecule has 1 aliphatic rings. The predicted octanol–water partition coefficient (Wildman–Crippen LogP) is 5.43. The fraction of sp³-hybridized carbons (Fsp3) is 0.240. The van der Waals surface area contributed by atoms with Crippen molar-refractivity contribution in [2.75, 3.05) is 37.6 Å². The summed E-state index contributed by atoms with van der Waals surface area (Å²) in [5.41, 5.74) is 1.49. The van der Waals surface area contributed by atoms with Crippen molar-refractivity contribution in [3.8, 4) is 0 Å². The van der Waals surface area contributed by atoms with E-state index in [1.165, 1.54) is 24.3 Å². The number of piperazine rings is 1. The number of rotatable bonds is 7. The number of carbonyl (C=O) groups excluding carboxylic acids is 1. The van der Waals surface area contributed by atoms with Gasteiger partial charge in [-0.25, -0.2) is 12.8 Å². The van der Waals surface area contributed by atoms with Gasteiger partial charge < -0.3 is 9.80 Å². The van der Waals surface area contributed by atoms with Crippen molar-refractivity contribution < 1.29 is 17.6 Å². The molecule has 190 valence electrons. The molecule has 1 fully saturated rings. The second kappa shape index (κ2) is 11.5. The van der Waals surface area contributed by atoms with Crippen LogP contribution in [0, 0.1) is 5.82 Å². The molecule has 1 saturated heterocycles. The van der Waals surface area contributed by atoms with E-state index in [1.807, 2.05) is 0 Å². The highest BCUT2D eigenvalue weighted by molar-refractivity contribution is 9.10. The lowest BCUT2D eigenvalue weighted by atomic mass is 10.2. The molecule has 0 bridgehead atoms. The van der Waals surface area contributed by atoms with Crippen LogP contribution in [0.25, 0.3) is 0 Å². The lowest BCUT2D eigenvalue weighted by Crippen LogP contribution is -2.51. The topological polar surface area (TPSA) is 60.9 Å². The summed E-state index contributed by atoms with van der Waals surface area (Å²) in [4.78, 5) is 17.0. The van der Waals surface area contributed by atoms with Gasteiger partial charge in [-0.1, -0.05) is 45.2 Å². The van der Waals surface area contributed by atoms with Crippen LogP contribution in [0.5, 0.6) is 0 Å². The molecule has 36 heavy (non-hydrogen) atoms. The zero-order valence-electron chi connectivity index (χ0n) is 19.1. The Balaban J connectivity index is 1.51. The maximum absolute atomic E-state index is 13.5. The van der Waals surface area contributed by atoms with Crippen LogP contribution in [0.2, 0.25) is 10.0 Å². The van der Waals surface area contributed by atoms with Gasteiger partial charge in [-0.3, -0.25) is 4.79 Å². The van der Waals surface area contributed by atoms with Crippen LogP contribution in [-0.2, 0) is 21.4 Å². The van der Waals surface area contributed by atoms with Crippen molar-refractivity contribution in [2.45, 2.75) is 11.4 Å². The van der Waals surface area contributed by atoms with Crippen molar-refractivity contribution in [2.24, 2.45) is 0 Å². The Kier molecular flexibility index (Phi) is 8.57. The highest BCUT2D eigenvalue weighted by Gasteiger charge is 2.30. The van der Waals surface area contributed by atoms with E-state index in [0.717, 1.165) is 14.5 Å². The molecule has 11 heteroatoms. The zero-order chi connectivity index (χ0) is 25.9. The van der Waals surface area contributed by atoms with Crippen LogP contribution < -0.4 is 4.90 Å². The zero-order valence-corrected chi connectivity index (χ0v) is 23.0. The number of sulfonamides is 1. The molecule has 6 nitrogen and oxygen atoms in total. The number of hydrogen-bond acceptors (Lipinski definition) is 4. The Bertz CT molecular complexity index is 1330. The quantitative estimate of drug-likeness (QED) is 0.356. The van der Waals surface area contributed by atoms with Crippen LogP contribution in [0.4, 0.5) is 10.1 Å². The molecule has 0 unspecified atom stereocenters. The molecule has 1 heterocycles. The number of hydrogen-bond donors (Lipinski definition) is 0. The summed E-state index contributed by atoms with van der Waals surface area (Å²) in [6.45, 7) is 1.60. The van der Waals surface area contributed by atoms with Crippen LogP contribution in [-0.4, -0.2) is 56.3 Å². The van der Waals surface area contributed by atoms with Crippen molar-refractivity contribution in [3.63, 3.8) is 0 Å². The number of amides is 1. The van der Waals surface area contributed by atoms with Gasteiger partial charge in [0.1, 0.15) is 5.82 Å². The van der Waals surface area contributed by atoms with Gasteiger partial charge in [-0.15, -0.1) is 0 Å². The first-order valence-corrected chi connectivity index (χ1v) is 14.1. The number of carbonyl (C=O) groups is 1. The highest BCUT2D eigenvalue weighted by atomic mass is 79.9. The maximum atomic E-state index is 13.5. The van der Waals surface area contributed by atoms with E-state index in [9.17, 15) is 17.6 Å². The molecular formula is C25H23BrCl2FN3O3S. The lowest BCUT2D eigenvalue weighted by molar-refractivity contribution is -0.131. The fourth-order valence-electron chi connectivity index (χ4n) is 3.94. The van der Waals surface area contributed by atoms with E-state index in [4.69, 9.17) is 23.2 Å². The van der Waals surface area contributed by atoms with E-state index >= 15 is 0 Å². The molecule has 0 spiro atoms. The normalized spacial score (nSPS) is 14.4. The Labute approximate surface area is 228 Å². The molecule has 0 aliphatic carbocycles. The Morgan fingerprint density at radius 3 is 2.17 bits per heavy atom.